The highest BCUT2D eigenvalue weighted by Crippen LogP contribution is 2.13. The highest BCUT2D eigenvalue weighted by Gasteiger charge is 2.05. The first kappa shape index (κ1) is 13.0. The maximum absolute atomic E-state index is 5.50. The van der Waals surface area contributed by atoms with E-state index in [1.54, 1.807) is 14.2 Å². The van der Waals surface area contributed by atoms with E-state index in [0.29, 0.717) is 13.2 Å². The Labute approximate surface area is 96.3 Å². The Morgan fingerprint density at radius 3 is 2.25 bits per heavy atom. The molecule has 1 aromatic rings. The molecule has 0 saturated carbocycles. The van der Waals surface area contributed by atoms with Crippen molar-refractivity contribution in [3.05, 3.63) is 29.8 Å². The molecular weight excluding hydrogens is 206 g/mol. The van der Waals surface area contributed by atoms with E-state index in [2.05, 4.69) is 0 Å². The van der Waals surface area contributed by atoms with E-state index in [1.807, 2.05) is 24.3 Å². The number of hydrogen-bond donors (Lipinski definition) is 1. The standard InChI is InChI=1S/C12H19NO3/c1-14-12(15-2)9-16-11-5-3-10(4-6-11)7-8-13/h3-6,12H,7-9,13H2,1-2H3. The van der Waals surface area contributed by atoms with E-state index < -0.39 is 0 Å². The molecule has 0 amide bonds. The predicted molar refractivity (Wildman–Crippen MR) is 62.5 cm³/mol. The Morgan fingerprint density at radius 1 is 1.12 bits per heavy atom. The van der Waals surface area contributed by atoms with Crippen LogP contribution in [0.5, 0.6) is 5.75 Å². The summed E-state index contributed by atoms with van der Waals surface area (Å²) in [6.45, 7) is 1.04. The minimum Gasteiger partial charge on any atom is -0.488 e. The molecule has 0 heterocycles. The molecule has 0 aliphatic heterocycles. The van der Waals surface area contributed by atoms with Gasteiger partial charge >= 0.3 is 0 Å². The van der Waals surface area contributed by atoms with Crippen LogP contribution in [0.2, 0.25) is 0 Å². The second kappa shape index (κ2) is 7.22. The summed E-state index contributed by atoms with van der Waals surface area (Å²) in [6.07, 6.45) is 0.558. The van der Waals surface area contributed by atoms with Crippen molar-refractivity contribution < 1.29 is 14.2 Å². The normalized spacial score (nSPS) is 10.8. The van der Waals surface area contributed by atoms with Crippen LogP contribution in [0.25, 0.3) is 0 Å². The number of rotatable bonds is 7. The summed E-state index contributed by atoms with van der Waals surface area (Å²) < 4.78 is 15.5. The number of nitrogens with two attached hydrogens (primary N) is 1. The molecule has 90 valence electrons. The van der Waals surface area contributed by atoms with Crippen molar-refractivity contribution in [2.75, 3.05) is 27.4 Å². The second-order valence-corrected chi connectivity index (χ2v) is 3.39. The van der Waals surface area contributed by atoms with Gasteiger partial charge in [-0.15, -0.1) is 0 Å². The lowest BCUT2D eigenvalue weighted by Crippen LogP contribution is -2.21. The van der Waals surface area contributed by atoms with Crippen molar-refractivity contribution in [1.29, 1.82) is 0 Å². The fourth-order valence-electron chi connectivity index (χ4n) is 1.32. The molecule has 1 aromatic carbocycles. The van der Waals surface area contributed by atoms with Gasteiger partial charge in [-0.05, 0) is 30.7 Å². The molecule has 2 N–H and O–H groups in total. The Morgan fingerprint density at radius 2 is 1.75 bits per heavy atom. The van der Waals surface area contributed by atoms with Crippen molar-refractivity contribution in [2.24, 2.45) is 5.73 Å². The third-order valence-electron chi connectivity index (χ3n) is 2.27. The minimum absolute atomic E-state index is 0.330. The summed E-state index contributed by atoms with van der Waals surface area (Å²) in [5.74, 6) is 0.805. The number of benzene rings is 1. The van der Waals surface area contributed by atoms with Gasteiger partial charge in [0, 0.05) is 14.2 Å². The molecule has 0 atom stereocenters. The van der Waals surface area contributed by atoms with Gasteiger partial charge in [-0.2, -0.15) is 0 Å². The first-order valence-electron chi connectivity index (χ1n) is 5.27. The van der Waals surface area contributed by atoms with Crippen LogP contribution in [-0.2, 0) is 15.9 Å². The molecule has 4 heteroatoms. The minimum atomic E-state index is -0.330. The van der Waals surface area contributed by atoms with E-state index in [-0.39, 0.29) is 6.29 Å². The van der Waals surface area contributed by atoms with Gasteiger partial charge in [0.1, 0.15) is 12.4 Å². The number of hydrogen-bond acceptors (Lipinski definition) is 4. The molecule has 0 spiro atoms. The number of methoxy groups -OCH3 is 2. The number of ether oxygens (including phenoxy) is 3. The van der Waals surface area contributed by atoms with Crippen LogP contribution in [0.4, 0.5) is 0 Å². The van der Waals surface area contributed by atoms with E-state index >= 15 is 0 Å². The summed E-state index contributed by atoms with van der Waals surface area (Å²) >= 11 is 0. The van der Waals surface area contributed by atoms with Crippen molar-refractivity contribution >= 4 is 0 Å². The molecule has 1 rings (SSSR count). The zero-order valence-electron chi connectivity index (χ0n) is 9.81. The predicted octanol–water partition coefficient (Wildman–Crippen LogP) is 1.19. The largest absolute Gasteiger partial charge is 0.488 e. The molecule has 16 heavy (non-hydrogen) atoms. The highest BCUT2D eigenvalue weighted by atomic mass is 16.7. The maximum atomic E-state index is 5.50. The lowest BCUT2D eigenvalue weighted by atomic mass is 10.1. The van der Waals surface area contributed by atoms with Gasteiger partial charge in [-0.25, -0.2) is 0 Å². The van der Waals surface area contributed by atoms with Crippen LogP contribution in [0.1, 0.15) is 5.56 Å². The topological polar surface area (TPSA) is 53.7 Å². The third-order valence-corrected chi connectivity index (χ3v) is 2.27. The van der Waals surface area contributed by atoms with Gasteiger partial charge in [0.2, 0.25) is 0 Å². The smallest absolute Gasteiger partial charge is 0.191 e. The van der Waals surface area contributed by atoms with Crippen LogP contribution in [-0.4, -0.2) is 33.7 Å². The van der Waals surface area contributed by atoms with E-state index in [4.69, 9.17) is 19.9 Å². The molecule has 0 radical (unpaired) electrons. The second-order valence-electron chi connectivity index (χ2n) is 3.39. The molecule has 0 saturated heterocycles. The summed E-state index contributed by atoms with van der Waals surface area (Å²) in [6, 6.07) is 7.87. The molecule has 0 fully saturated rings. The van der Waals surface area contributed by atoms with Crippen LogP contribution in [0.15, 0.2) is 24.3 Å². The molecule has 0 bridgehead atoms. The fourth-order valence-corrected chi connectivity index (χ4v) is 1.32. The summed E-state index contributed by atoms with van der Waals surface area (Å²) in [5.41, 5.74) is 6.68. The Hall–Kier alpha value is -1.10. The zero-order chi connectivity index (χ0) is 11.8. The molecule has 0 aliphatic carbocycles. The fraction of sp³-hybridized carbons (Fsp3) is 0.500. The van der Waals surface area contributed by atoms with Crippen LogP contribution in [0.3, 0.4) is 0 Å². The van der Waals surface area contributed by atoms with Gasteiger partial charge in [0.25, 0.3) is 0 Å². The first-order chi connectivity index (χ1) is 7.80. The third kappa shape index (κ3) is 4.18. The summed E-state index contributed by atoms with van der Waals surface area (Å²) in [5, 5.41) is 0. The van der Waals surface area contributed by atoms with Gasteiger partial charge in [0.05, 0.1) is 0 Å². The van der Waals surface area contributed by atoms with Crippen molar-refractivity contribution in [3.63, 3.8) is 0 Å². The highest BCUT2D eigenvalue weighted by molar-refractivity contribution is 5.27. The molecule has 4 nitrogen and oxygen atoms in total. The molecule has 0 aromatic heterocycles. The summed E-state index contributed by atoms with van der Waals surface area (Å²) in [4.78, 5) is 0. The average Bonchev–Trinajstić information content (AvgIpc) is 2.33. The molecular formula is C12H19NO3. The maximum Gasteiger partial charge on any atom is 0.191 e. The first-order valence-corrected chi connectivity index (χ1v) is 5.27. The van der Waals surface area contributed by atoms with Gasteiger partial charge in [-0.1, -0.05) is 12.1 Å². The van der Waals surface area contributed by atoms with Crippen molar-refractivity contribution in [2.45, 2.75) is 12.7 Å². The van der Waals surface area contributed by atoms with Crippen molar-refractivity contribution in [1.82, 2.24) is 0 Å². The lowest BCUT2D eigenvalue weighted by Gasteiger charge is -2.14. The summed E-state index contributed by atoms with van der Waals surface area (Å²) in [7, 11) is 3.17. The molecule has 0 unspecified atom stereocenters. The Bertz CT molecular complexity index is 283. The van der Waals surface area contributed by atoms with Gasteiger partial charge in [0.15, 0.2) is 6.29 Å². The average molecular weight is 225 g/mol. The van der Waals surface area contributed by atoms with Crippen LogP contribution in [0, 0.1) is 0 Å². The monoisotopic (exact) mass is 225 g/mol. The van der Waals surface area contributed by atoms with Crippen LogP contribution < -0.4 is 10.5 Å². The quantitative estimate of drug-likeness (QED) is 0.708. The SMILES string of the molecule is COC(COc1ccc(CCN)cc1)OC. The van der Waals surface area contributed by atoms with E-state index in [0.717, 1.165) is 12.2 Å². The van der Waals surface area contributed by atoms with Gasteiger partial charge < -0.3 is 19.9 Å². The Balaban J connectivity index is 2.42. The van der Waals surface area contributed by atoms with Crippen molar-refractivity contribution in [3.8, 4) is 5.75 Å². The van der Waals surface area contributed by atoms with E-state index in [9.17, 15) is 0 Å². The van der Waals surface area contributed by atoms with Crippen LogP contribution >= 0.6 is 0 Å². The van der Waals surface area contributed by atoms with Gasteiger partial charge in [-0.3, -0.25) is 0 Å². The van der Waals surface area contributed by atoms with E-state index in [1.165, 1.54) is 5.56 Å². The Kier molecular flexibility index (Phi) is 5.85. The lowest BCUT2D eigenvalue weighted by molar-refractivity contribution is -0.121. The molecule has 0 aliphatic rings. The zero-order valence-corrected chi connectivity index (χ0v) is 9.81.